The van der Waals surface area contributed by atoms with Crippen molar-refractivity contribution in [1.82, 2.24) is 0 Å². The van der Waals surface area contributed by atoms with Gasteiger partial charge in [0, 0.05) is 0 Å². The van der Waals surface area contributed by atoms with E-state index in [2.05, 4.69) is 0 Å². The molecular formula is C14H24O2. The normalized spacial score (nSPS) is 52.9. The fraction of sp³-hybridized carbons (Fsp3) is 1.00. The lowest BCUT2D eigenvalue weighted by Gasteiger charge is -2.47. The van der Waals surface area contributed by atoms with Crippen LogP contribution in [0.2, 0.25) is 0 Å². The first-order chi connectivity index (χ1) is 7.70. The highest BCUT2D eigenvalue weighted by Gasteiger charge is 2.51. The summed E-state index contributed by atoms with van der Waals surface area (Å²) in [5.74, 6) is 1.91. The molecule has 0 spiro atoms. The Labute approximate surface area is 98.1 Å². The predicted octanol–water partition coefficient (Wildman–Crippen LogP) is 2.48. The molecule has 5 unspecified atom stereocenters. The molecule has 2 N–H and O–H groups in total. The molecule has 2 bridgehead atoms. The lowest BCUT2D eigenvalue weighted by Crippen LogP contribution is -2.54. The maximum Gasteiger partial charge on any atom is 0.0936 e. The third-order valence-electron chi connectivity index (χ3n) is 5.56. The molecule has 5 atom stereocenters. The number of fused-ring (bicyclic) bond motifs is 1. The van der Waals surface area contributed by atoms with Gasteiger partial charge in [0.25, 0.3) is 0 Å². The van der Waals surface area contributed by atoms with Crippen LogP contribution in [0, 0.1) is 17.8 Å². The van der Waals surface area contributed by atoms with Gasteiger partial charge in [-0.3, -0.25) is 0 Å². The fourth-order valence-electron chi connectivity index (χ4n) is 4.65. The van der Waals surface area contributed by atoms with E-state index < -0.39 is 11.7 Å². The van der Waals surface area contributed by atoms with Gasteiger partial charge in [-0.05, 0) is 43.4 Å². The standard InChI is InChI=1S/C14H24O2/c15-13-7-6-11-5-1-3-10-4-2-8-14(13,16)12(11)9-10/h10-13,15-16H,1-9H2. The number of aliphatic hydroxyl groups is 2. The van der Waals surface area contributed by atoms with Crippen LogP contribution in [0.25, 0.3) is 0 Å². The quantitative estimate of drug-likeness (QED) is 0.663. The predicted molar refractivity (Wildman–Crippen MR) is 63.0 cm³/mol. The number of hydrogen-bond acceptors (Lipinski definition) is 2. The van der Waals surface area contributed by atoms with E-state index in [9.17, 15) is 10.2 Å². The average Bonchev–Trinajstić information content (AvgIpc) is 2.56. The molecule has 3 saturated carbocycles. The van der Waals surface area contributed by atoms with Crippen molar-refractivity contribution >= 4 is 0 Å². The molecule has 0 aromatic carbocycles. The second-order valence-electron chi connectivity index (χ2n) is 6.38. The van der Waals surface area contributed by atoms with Crippen LogP contribution in [0.1, 0.15) is 57.8 Å². The Kier molecular flexibility index (Phi) is 2.75. The maximum absolute atomic E-state index is 10.8. The zero-order valence-corrected chi connectivity index (χ0v) is 10.1. The van der Waals surface area contributed by atoms with Crippen LogP contribution in [0.3, 0.4) is 0 Å². The van der Waals surface area contributed by atoms with Gasteiger partial charge in [0.05, 0.1) is 11.7 Å². The topological polar surface area (TPSA) is 40.5 Å². The lowest BCUT2D eigenvalue weighted by molar-refractivity contribution is -0.158. The number of hydrogen-bond donors (Lipinski definition) is 2. The van der Waals surface area contributed by atoms with E-state index in [1.54, 1.807) is 0 Å². The van der Waals surface area contributed by atoms with Crippen molar-refractivity contribution in [1.29, 1.82) is 0 Å². The average molecular weight is 224 g/mol. The summed E-state index contributed by atoms with van der Waals surface area (Å²) in [5.41, 5.74) is -0.734. The molecule has 0 aliphatic heterocycles. The Morgan fingerprint density at radius 2 is 1.75 bits per heavy atom. The van der Waals surface area contributed by atoms with Gasteiger partial charge in [0.1, 0.15) is 0 Å². The van der Waals surface area contributed by atoms with E-state index in [1.807, 2.05) is 0 Å². The Morgan fingerprint density at radius 1 is 0.938 bits per heavy atom. The summed E-state index contributed by atoms with van der Waals surface area (Å²) in [6.45, 7) is 0. The van der Waals surface area contributed by atoms with E-state index in [1.165, 1.54) is 32.1 Å². The molecule has 3 rings (SSSR count). The minimum atomic E-state index is -0.734. The summed E-state index contributed by atoms with van der Waals surface area (Å²) >= 11 is 0. The van der Waals surface area contributed by atoms with Gasteiger partial charge in [-0.1, -0.05) is 32.1 Å². The molecule has 92 valence electrons. The van der Waals surface area contributed by atoms with Gasteiger partial charge < -0.3 is 10.2 Å². The second kappa shape index (κ2) is 3.99. The van der Waals surface area contributed by atoms with Crippen molar-refractivity contribution in [3.05, 3.63) is 0 Å². The van der Waals surface area contributed by atoms with Crippen LogP contribution < -0.4 is 0 Å². The van der Waals surface area contributed by atoms with Gasteiger partial charge in [-0.15, -0.1) is 0 Å². The van der Waals surface area contributed by atoms with Gasteiger partial charge in [0.15, 0.2) is 0 Å². The molecule has 3 aliphatic carbocycles. The first kappa shape index (κ1) is 11.0. The smallest absolute Gasteiger partial charge is 0.0936 e. The van der Waals surface area contributed by atoms with Crippen molar-refractivity contribution in [2.24, 2.45) is 17.8 Å². The minimum Gasteiger partial charge on any atom is -0.390 e. The lowest BCUT2D eigenvalue weighted by atomic mass is 9.64. The largest absolute Gasteiger partial charge is 0.390 e. The Morgan fingerprint density at radius 3 is 2.62 bits per heavy atom. The van der Waals surface area contributed by atoms with E-state index >= 15 is 0 Å². The minimum absolute atomic E-state index is 0.395. The Bertz CT molecular complexity index is 263. The third kappa shape index (κ3) is 1.62. The third-order valence-corrected chi connectivity index (χ3v) is 5.56. The van der Waals surface area contributed by atoms with Crippen molar-refractivity contribution in [2.75, 3.05) is 0 Å². The molecular weight excluding hydrogens is 200 g/mol. The highest BCUT2D eigenvalue weighted by atomic mass is 16.3. The SMILES string of the molecule is OC1CCC2CCCC3CCCC1(O)C2C3. The highest BCUT2D eigenvalue weighted by Crippen LogP contribution is 2.51. The zero-order chi connectivity index (χ0) is 11.2. The molecule has 16 heavy (non-hydrogen) atoms. The molecule has 3 fully saturated rings. The van der Waals surface area contributed by atoms with Crippen molar-refractivity contribution in [3.8, 4) is 0 Å². The van der Waals surface area contributed by atoms with Crippen molar-refractivity contribution < 1.29 is 10.2 Å². The van der Waals surface area contributed by atoms with Crippen molar-refractivity contribution in [3.63, 3.8) is 0 Å². The molecule has 0 aromatic rings. The van der Waals surface area contributed by atoms with E-state index in [-0.39, 0.29) is 0 Å². The maximum atomic E-state index is 10.8. The Hall–Kier alpha value is -0.0800. The monoisotopic (exact) mass is 224 g/mol. The summed E-state index contributed by atoms with van der Waals surface area (Å²) in [6, 6.07) is 0. The summed E-state index contributed by atoms with van der Waals surface area (Å²) in [7, 11) is 0. The molecule has 0 radical (unpaired) electrons. The summed E-state index contributed by atoms with van der Waals surface area (Å²) in [5, 5.41) is 21.0. The second-order valence-corrected chi connectivity index (χ2v) is 6.38. The van der Waals surface area contributed by atoms with E-state index in [0.29, 0.717) is 11.8 Å². The first-order valence-electron chi connectivity index (χ1n) is 7.10. The highest BCUT2D eigenvalue weighted by molar-refractivity contribution is 5.02. The molecule has 2 nitrogen and oxygen atoms in total. The summed E-state index contributed by atoms with van der Waals surface area (Å²) < 4.78 is 0. The van der Waals surface area contributed by atoms with Crippen molar-refractivity contribution in [2.45, 2.75) is 69.5 Å². The van der Waals surface area contributed by atoms with E-state index in [0.717, 1.165) is 31.6 Å². The zero-order valence-electron chi connectivity index (χ0n) is 10.1. The van der Waals surface area contributed by atoms with Crippen LogP contribution >= 0.6 is 0 Å². The molecule has 0 heterocycles. The molecule has 3 aliphatic rings. The number of rotatable bonds is 0. The number of aliphatic hydroxyl groups excluding tert-OH is 1. The first-order valence-corrected chi connectivity index (χ1v) is 7.10. The summed E-state index contributed by atoms with van der Waals surface area (Å²) in [4.78, 5) is 0. The molecule has 0 amide bonds. The van der Waals surface area contributed by atoms with Crippen LogP contribution in [0.15, 0.2) is 0 Å². The van der Waals surface area contributed by atoms with Gasteiger partial charge in [-0.2, -0.15) is 0 Å². The van der Waals surface area contributed by atoms with Crippen LogP contribution in [-0.4, -0.2) is 21.9 Å². The van der Waals surface area contributed by atoms with Crippen LogP contribution in [-0.2, 0) is 0 Å². The van der Waals surface area contributed by atoms with Gasteiger partial charge in [-0.25, -0.2) is 0 Å². The van der Waals surface area contributed by atoms with Gasteiger partial charge >= 0.3 is 0 Å². The molecule has 0 aromatic heterocycles. The molecule has 0 saturated heterocycles. The van der Waals surface area contributed by atoms with Gasteiger partial charge in [0.2, 0.25) is 0 Å². The van der Waals surface area contributed by atoms with Crippen LogP contribution in [0.5, 0.6) is 0 Å². The van der Waals surface area contributed by atoms with Crippen LogP contribution in [0.4, 0.5) is 0 Å². The fourth-order valence-corrected chi connectivity index (χ4v) is 4.65. The Balaban J connectivity index is 1.93. The van der Waals surface area contributed by atoms with E-state index in [4.69, 9.17) is 0 Å². The summed E-state index contributed by atoms with van der Waals surface area (Å²) in [6.07, 6.45) is 9.91. The molecule has 2 heteroatoms.